The van der Waals surface area contributed by atoms with Crippen molar-refractivity contribution in [2.75, 3.05) is 5.32 Å². The van der Waals surface area contributed by atoms with E-state index in [0.717, 1.165) is 0 Å². The summed E-state index contributed by atoms with van der Waals surface area (Å²) in [6.07, 6.45) is 0. The summed E-state index contributed by atoms with van der Waals surface area (Å²) in [4.78, 5) is 12.6. The summed E-state index contributed by atoms with van der Waals surface area (Å²) in [5, 5.41) is 13.0. The topological polar surface area (TPSA) is 75.6 Å². The van der Waals surface area contributed by atoms with Gasteiger partial charge in [-0.25, -0.2) is 0 Å². The first-order chi connectivity index (χ1) is 14.5. The van der Waals surface area contributed by atoms with Crippen molar-refractivity contribution in [1.29, 1.82) is 0 Å². The first kappa shape index (κ1) is 20.6. The van der Waals surface area contributed by atoms with Crippen molar-refractivity contribution < 1.29 is 18.7 Å². The number of amides is 1. The largest absolute Gasteiger partial charge is 0.459 e. The fourth-order valence-electron chi connectivity index (χ4n) is 2.89. The van der Waals surface area contributed by atoms with Crippen LogP contribution in [0.4, 0.5) is 5.69 Å². The highest BCUT2D eigenvalue weighted by molar-refractivity contribution is 6.43. The lowest BCUT2D eigenvalue weighted by Crippen LogP contribution is -2.10. The van der Waals surface area contributed by atoms with Crippen LogP contribution in [0.25, 0.3) is 22.6 Å². The molecule has 0 spiro atoms. The molecular formula is C22H14Cl3NO4. The van der Waals surface area contributed by atoms with E-state index in [1.54, 1.807) is 60.7 Å². The average Bonchev–Trinajstić information content (AvgIpc) is 3.40. The third-order valence-electron chi connectivity index (χ3n) is 4.36. The molecule has 2 N–H and O–H groups in total. The Balaban J connectivity index is 1.52. The third-order valence-corrected chi connectivity index (χ3v) is 5.49. The summed E-state index contributed by atoms with van der Waals surface area (Å²) >= 11 is 18.6. The van der Waals surface area contributed by atoms with Gasteiger partial charge in [-0.3, -0.25) is 4.79 Å². The minimum atomic E-state index is -0.441. The number of nitrogens with one attached hydrogen (secondary N) is 1. The van der Waals surface area contributed by atoms with Gasteiger partial charge in [-0.15, -0.1) is 0 Å². The third kappa shape index (κ3) is 4.11. The molecule has 0 bridgehead atoms. The quantitative estimate of drug-likeness (QED) is 0.338. The minimum absolute atomic E-state index is 0.111. The van der Waals surface area contributed by atoms with Crippen LogP contribution in [0.15, 0.2) is 69.5 Å². The summed E-state index contributed by atoms with van der Waals surface area (Å²) in [5.74, 6) is 1.06. The number of rotatable bonds is 5. The number of aliphatic hydroxyl groups excluding tert-OH is 1. The number of aliphatic hydroxyl groups is 1. The van der Waals surface area contributed by atoms with Crippen LogP contribution in [-0.4, -0.2) is 11.0 Å². The average molecular weight is 463 g/mol. The van der Waals surface area contributed by atoms with Gasteiger partial charge in [0.1, 0.15) is 23.9 Å². The van der Waals surface area contributed by atoms with E-state index in [0.29, 0.717) is 49.2 Å². The van der Waals surface area contributed by atoms with Gasteiger partial charge in [0.05, 0.1) is 15.1 Å². The summed E-state index contributed by atoms with van der Waals surface area (Å²) in [6.45, 7) is -0.197. The van der Waals surface area contributed by atoms with Crippen molar-refractivity contribution in [3.8, 4) is 22.6 Å². The standard InChI is InChI=1S/C22H14Cl3NO4/c23-16-3-1-2-15(21(16)25)19-8-9-20(30-19)22(28)26-12-4-6-14(17(24)10-12)18-7-5-13(11-27)29-18/h1-10,27H,11H2,(H,26,28). The number of hydrogen-bond acceptors (Lipinski definition) is 4. The van der Waals surface area contributed by atoms with Crippen molar-refractivity contribution in [1.82, 2.24) is 0 Å². The second-order valence-electron chi connectivity index (χ2n) is 6.34. The van der Waals surface area contributed by atoms with E-state index in [1.165, 1.54) is 0 Å². The first-order valence-electron chi connectivity index (χ1n) is 8.81. The van der Waals surface area contributed by atoms with Crippen molar-refractivity contribution in [2.45, 2.75) is 6.61 Å². The van der Waals surface area contributed by atoms with E-state index >= 15 is 0 Å². The van der Waals surface area contributed by atoms with Gasteiger partial charge in [-0.05, 0) is 54.6 Å². The molecule has 5 nitrogen and oxygen atoms in total. The molecule has 0 saturated heterocycles. The van der Waals surface area contributed by atoms with E-state index in [2.05, 4.69) is 5.32 Å². The highest BCUT2D eigenvalue weighted by Crippen LogP contribution is 2.35. The predicted octanol–water partition coefficient (Wildman–Crippen LogP) is 6.91. The van der Waals surface area contributed by atoms with Crippen LogP contribution < -0.4 is 5.32 Å². The summed E-state index contributed by atoms with van der Waals surface area (Å²) in [5.41, 5.74) is 1.72. The van der Waals surface area contributed by atoms with Gasteiger partial charge >= 0.3 is 0 Å². The molecule has 0 aliphatic heterocycles. The van der Waals surface area contributed by atoms with E-state index < -0.39 is 5.91 Å². The van der Waals surface area contributed by atoms with E-state index in [-0.39, 0.29) is 12.4 Å². The van der Waals surface area contributed by atoms with E-state index in [4.69, 9.17) is 48.7 Å². The number of benzene rings is 2. The van der Waals surface area contributed by atoms with Crippen LogP contribution in [-0.2, 0) is 6.61 Å². The zero-order valence-electron chi connectivity index (χ0n) is 15.3. The molecule has 152 valence electrons. The predicted molar refractivity (Wildman–Crippen MR) is 117 cm³/mol. The van der Waals surface area contributed by atoms with E-state index in [9.17, 15) is 4.79 Å². The zero-order chi connectivity index (χ0) is 21.3. The Labute approximate surface area is 186 Å². The molecule has 0 aliphatic carbocycles. The Kier molecular flexibility index (Phi) is 5.88. The minimum Gasteiger partial charge on any atom is -0.459 e. The number of carbonyl (C=O) groups excluding carboxylic acids is 1. The number of furan rings is 2. The molecular weight excluding hydrogens is 449 g/mol. The highest BCUT2D eigenvalue weighted by Gasteiger charge is 2.16. The van der Waals surface area contributed by atoms with Crippen molar-refractivity contribution in [3.05, 3.63) is 87.3 Å². The van der Waals surface area contributed by atoms with Crippen molar-refractivity contribution in [2.24, 2.45) is 0 Å². The molecule has 30 heavy (non-hydrogen) atoms. The van der Waals surface area contributed by atoms with Crippen LogP contribution in [0.5, 0.6) is 0 Å². The normalized spacial score (nSPS) is 10.9. The van der Waals surface area contributed by atoms with E-state index in [1.807, 2.05) is 0 Å². The van der Waals surface area contributed by atoms with Crippen LogP contribution in [0, 0.1) is 0 Å². The number of anilines is 1. The molecule has 0 fully saturated rings. The number of halogens is 3. The van der Waals surface area contributed by atoms with Gasteiger partial charge < -0.3 is 19.3 Å². The maximum atomic E-state index is 12.6. The summed E-state index contributed by atoms with van der Waals surface area (Å²) in [7, 11) is 0. The molecule has 0 saturated carbocycles. The first-order valence-corrected chi connectivity index (χ1v) is 9.94. The Hall–Kier alpha value is -2.70. The number of hydrogen-bond donors (Lipinski definition) is 2. The fraction of sp³-hybridized carbons (Fsp3) is 0.0455. The Morgan fingerprint density at radius 2 is 1.63 bits per heavy atom. The maximum absolute atomic E-state index is 12.6. The Morgan fingerprint density at radius 3 is 2.37 bits per heavy atom. The maximum Gasteiger partial charge on any atom is 0.291 e. The molecule has 0 unspecified atom stereocenters. The molecule has 4 rings (SSSR count). The molecule has 0 radical (unpaired) electrons. The Bertz CT molecular complexity index is 1230. The van der Waals surface area contributed by atoms with Crippen LogP contribution in [0.3, 0.4) is 0 Å². The SMILES string of the molecule is O=C(Nc1ccc(-c2ccc(CO)o2)c(Cl)c1)c1ccc(-c2cccc(Cl)c2Cl)o1. The lowest BCUT2D eigenvalue weighted by Gasteiger charge is -2.07. The highest BCUT2D eigenvalue weighted by atomic mass is 35.5. The lowest BCUT2D eigenvalue weighted by atomic mass is 10.1. The smallest absolute Gasteiger partial charge is 0.291 e. The van der Waals surface area contributed by atoms with Gasteiger partial charge in [0.15, 0.2) is 5.76 Å². The van der Waals surface area contributed by atoms with Crippen molar-refractivity contribution >= 4 is 46.4 Å². The molecule has 2 aromatic heterocycles. The summed E-state index contributed by atoms with van der Waals surface area (Å²) in [6, 6.07) is 16.8. The molecule has 4 aromatic rings. The van der Waals surface area contributed by atoms with Crippen LogP contribution in [0.1, 0.15) is 16.3 Å². The van der Waals surface area contributed by atoms with Crippen LogP contribution >= 0.6 is 34.8 Å². The number of carbonyl (C=O) groups is 1. The lowest BCUT2D eigenvalue weighted by molar-refractivity contribution is 0.0997. The zero-order valence-corrected chi connectivity index (χ0v) is 17.6. The molecule has 2 aromatic carbocycles. The van der Waals surface area contributed by atoms with Gasteiger partial charge in [0.25, 0.3) is 5.91 Å². The van der Waals surface area contributed by atoms with Gasteiger partial charge in [0.2, 0.25) is 0 Å². The van der Waals surface area contributed by atoms with Gasteiger partial charge in [0, 0.05) is 16.8 Å². The monoisotopic (exact) mass is 461 g/mol. The molecule has 0 atom stereocenters. The Morgan fingerprint density at radius 1 is 0.867 bits per heavy atom. The molecule has 1 amide bonds. The summed E-state index contributed by atoms with van der Waals surface area (Å²) < 4.78 is 11.1. The molecule has 0 aliphatic rings. The molecule has 2 heterocycles. The fourth-order valence-corrected chi connectivity index (χ4v) is 3.56. The van der Waals surface area contributed by atoms with Gasteiger partial charge in [-0.2, -0.15) is 0 Å². The van der Waals surface area contributed by atoms with Gasteiger partial charge in [-0.1, -0.05) is 40.9 Å². The second kappa shape index (κ2) is 8.58. The van der Waals surface area contributed by atoms with Crippen molar-refractivity contribution in [3.63, 3.8) is 0 Å². The molecule has 8 heteroatoms. The van der Waals surface area contributed by atoms with Crippen LogP contribution in [0.2, 0.25) is 15.1 Å². The second-order valence-corrected chi connectivity index (χ2v) is 7.53.